The third-order valence-corrected chi connectivity index (χ3v) is 3.76. The van der Waals surface area contributed by atoms with Gasteiger partial charge in [-0.2, -0.15) is 0 Å². The van der Waals surface area contributed by atoms with Gasteiger partial charge in [0.2, 0.25) is 0 Å². The van der Waals surface area contributed by atoms with Gasteiger partial charge in [0.25, 0.3) is 0 Å². The lowest BCUT2D eigenvalue weighted by molar-refractivity contribution is -0.138. The highest BCUT2D eigenvalue weighted by Crippen LogP contribution is 2.09. The number of amides is 1. The number of alkyl carbamates (subject to hydrolysis) is 1. The van der Waals surface area contributed by atoms with Gasteiger partial charge in [-0.1, -0.05) is 19.9 Å². The van der Waals surface area contributed by atoms with Crippen LogP contribution in [0.15, 0.2) is 11.6 Å². The van der Waals surface area contributed by atoms with Gasteiger partial charge in [-0.25, -0.2) is 9.59 Å². The molecule has 0 rings (SSSR count). The Labute approximate surface area is 168 Å². The summed E-state index contributed by atoms with van der Waals surface area (Å²) < 4.78 is 10.1. The van der Waals surface area contributed by atoms with Crippen LogP contribution >= 0.6 is 0 Å². The molecule has 162 valence electrons. The molecule has 3 N–H and O–H groups in total. The van der Waals surface area contributed by atoms with Crippen LogP contribution in [0, 0.1) is 5.92 Å². The van der Waals surface area contributed by atoms with Gasteiger partial charge in [-0.15, -0.1) is 0 Å². The maximum atomic E-state index is 12.5. The summed E-state index contributed by atoms with van der Waals surface area (Å²) >= 11 is 0. The number of hydrogen-bond acceptors (Lipinski definition) is 7. The molecule has 0 saturated carbocycles. The molecule has 28 heavy (non-hydrogen) atoms. The molecule has 0 fully saturated rings. The normalized spacial score (nSPS) is 15.6. The van der Waals surface area contributed by atoms with Crippen molar-refractivity contribution in [3.8, 4) is 0 Å². The topological polar surface area (TPSA) is 114 Å². The van der Waals surface area contributed by atoms with Gasteiger partial charge in [0.15, 0.2) is 5.78 Å². The minimum Gasteiger partial charge on any atom is -0.463 e. The Kier molecular flexibility index (Phi) is 11.0. The predicted octanol–water partition coefficient (Wildman–Crippen LogP) is 1.95. The number of aliphatic hydroxyl groups excluding tert-OH is 1. The number of ether oxygens (including phenoxy) is 2. The first-order valence-electron chi connectivity index (χ1n) is 9.57. The van der Waals surface area contributed by atoms with Gasteiger partial charge in [-0.3, -0.25) is 4.79 Å². The lowest BCUT2D eigenvalue weighted by atomic mass is 10.0. The maximum absolute atomic E-state index is 12.5. The number of hydrogen-bond donors (Lipinski definition) is 3. The van der Waals surface area contributed by atoms with Crippen molar-refractivity contribution in [2.75, 3.05) is 13.2 Å². The fourth-order valence-electron chi connectivity index (χ4n) is 2.30. The third-order valence-electron chi connectivity index (χ3n) is 3.76. The van der Waals surface area contributed by atoms with E-state index in [1.807, 2.05) is 13.8 Å². The van der Waals surface area contributed by atoms with Crippen molar-refractivity contribution in [1.82, 2.24) is 10.6 Å². The van der Waals surface area contributed by atoms with Crippen molar-refractivity contribution in [2.45, 2.75) is 79.2 Å². The number of rotatable bonds is 10. The zero-order valence-corrected chi connectivity index (χ0v) is 18.3. The molecule has 0 saturated heterocycles. The summed E-state index contributed by atoms with van der Waals surface area (Å²) in [5.41, 5.74) is -0.272. The molecule has 0 aliphatic rings. The van der Waals surface area contributed by atoms with E-state index in [0.717, 1.165) is 0 Å². The third kappa shape index (κ3) is 10.4. The predicted molar refractivity (Wildman–Crippen MR) is 107 cm³/mol. The zero-order chi connectivity index (χ0) is 22.1. The summed E-state index contributed by atoms with van der Waals surface area (Å²) in [6.45, 7) is 14.0. The first-order chi connectivity index (χ1) is 12.8. The maximum Gasteiger partial charge on any atom is 0.408 e. The molecular formula is C20H36N2O6. The fraction of sp³-hybridized carbons (Fsp3) is 0.750. The monoisotopic (exact) mass is 400 g/mol. The Morgan fingerprint density at radius 3 is 2.14 bits per heavy atom. The van der Waals surface area contributed by atoms with Crippen LogP contribution in [0.4, 0.5) is 4.79 Å². The van der Waals surface area contributed by atoms with E-state index in [1.54, 1.807) is 40.7 Å². The van der Waals surface area contributed by atoms with Gasteiger partial charge < -0.3 is 25.2 Å². The second-order valence-corrected chi connectivity index (χ2v) is 8.05. The Morgan fingerprint density at radius 2 is 1.71 bits per heavy atom. The van der Waals surface area contributed by atoms with Crippen LogP contribution < -0.4 is 10.6 Å². The first-order valence-corrected chi connectivity index (χ1v) is 9.57. The Morgan fingerprint density at radius 1 is 1.14 bits per heavy atom. The summed E-state index contributed by atoms with van der Waals surface area (Å²) in [6, 6.07) is -1.37. The molecule has 0 aromatic carbocycles. The second-order valence-electron chi connectivity index (χ2n) is 8.05. The molecule has 0 bridgehead atoms. The van der Waals surface area contributed by atoms with Gasteiger partial charge in [0.1, 0.15) is 11.6 Å². The average molecular weight is 401 g/mol. The highest BCUT2D eigenvalue weighted by atomic mass is 16.6. The SMILES string of the molecule is CCOC(=O)C(C)=C[C@@H](NCC(=O)[C@@H](NC(=O)OC(C)(C)C)[C@H](C)O)C(C)C. The molecule has 0 aromatic rings. The number of nitrogens with one attached hydrogen (secondary N) is 2. The minimum atomic E-state index is -1.11. The molecule has 0 aliphatic carbocycles. The molecule has 0 heterocycles. The molecule has 0 aromatic heterocycles. The van der Waals surface area contributed by atoms with Gasteiger partial charge in [0.05, 0.1) is 19.3 Å². The number of carbonyl (C=O) groups is 3. The largest absolute Gasteiger partial charge is 0.463 e. The fourth-order valence-corrected chi connectivity index (χ4v) is 2.30. The summed E-state index contributed by atoms with van der Waals surface area (Å²) in [5, 5.41) is 15.4. The van der Waals surface area contributed by atoms with Crippen LogP contribution in [0.5, 0.6) is 0 Å². The van der Waals surface area contributed by atoms with Crippen LogP contribution in [0.2, 0.25) is 0 Å². The van der Waals surface area contributed by atoms with Crippen LogP contribution in [-0.2, 0) is 19.1 Å². The standard InChI is InChI=1S/C20H36N2O6/c1-9-27-18(25)13(4)10-15(12(2)3)21-11-16(24)17(14(5)23)22-19(26)28-20(6,7)8/h10,12,14-15,17,21,23H,9,11H2,1-8H3,(H,22,26)/t14-,15+,17-/m0/s1. The van der Waals surface area contributed by atoms with E-state index in [4.69, 9.17) is 9.47 Å². The minimum absolute atomic E-state index is 0.0964. The van der Waals surface area contributed by atoms with Crippen molar-refractivity contribution in [2.24, 2.45) is 5.92 Å². The molecule has 8 nitrogen and oxygen atoms in total. The highest BCUT2D eigenvalue weighted by molar-refractivity contribution is 5.90. The molecule has 3 atom stereocenters. The lowest BCUT2D eigenvalue weighted by Crippen LogP contribution is -2.52. The van der Waals surface area contributed by atoms with Crippen LogP contribution in [-0.4, -0.2) is 59.9 Å². The smallest absolute Gasteiger partial charge is 0.408 e. The number of aliphatic hydroxyl groups is 1. The quantitative estimate of drug-likeness (QED) is 0.379. The summed E-state index contributed by atoms with van der Waals surface area (Å²) in [6.07, 6.45) is -0.143. The first kappa shape index (κ1) is 26.1. The number of esters is 1. The van der Waals surface area contributed by atoms with Crippen LogP contribution in [0.3, 0.4) is 0 Å². The average Bonchev–Trinajstić information content (AvgIpc) is 2.53. The zero-order valence-electron chi connectivity index (χ0n) is 18.3. The van der Waals surface area contributed by atoms with Gasteiger partial charge in [-0.05, 0) is 47.5 Å². The van der Waals surface area contributed by atoms with E-state index in [2.05, 4.69) is 10.6 Å². The number of carbonyl (C=O) groups excluding carboxylic acids is 3. The highest BCUT2D eigenvalue weighted by Gasteiger charge is 2.28. The summed E-state index contributed by atoms with van der Waals surface area (Å²) in [4.78, 5) is 36.3. The van der Waals surface area contributed by atoms with Crippen molar-refractivity contribution in [3.63, 3.8) is 0 Å². The van der Waals surface area contributed by atoms with E-state index in [1.165, 1.54) is 6.92 Å². The lowest BCUT2D eigenvalue weighted by Gasteiger charge is -2.25. The molecule has 8 heteroatoms. The van der Waals surface area contributed by atoms with Crippen molar-refractivity contribution in [1.29, 1.82) is 0 Å². The number of ketones is 1. The van der Waals surface area contributed by atoms with Gasteiger partial charge >= 0.3 is 12.1 Å². The Bertz CT molecular complexity index is 564. The van der Waals surface area contributed by atoms with Crippen molar-refractivity contribution >= 4 is 17.8 Å². The van der Waals surface area contributed by atoms with E-state index >= 15 is 0 Å². The van der Waals surface area contributed by atoms with Crippen LogP contribution in [0.1, 0.15) is 55.4 Å². The van der Waals surface area contributed by atoms with Gasteiger partial charge in [0, 0.05) is 11.6 Å². The molecule has 0 unspecified atom stereocenters. The molecule has 0 spiro atoms. The van der Waals surface area contributed by atoms with Crippen molar-refractivity contribution < 1.29 is 29.0 Å². The number of Topliss-reactive ketones (excluding diaryl/α,β-unsaturated/α-hetero) is 1. The van der Waals surface area contributed by atoms with E-state index in [9.17, 15) is 19.5 Å². The molecule has 0 aliphatic heterocycles. The molecular weight excluding hydrogens is 364 g/mol. The van der Waals surface area contributed by atoms with E-state index < -0.39 is 35.6 Å². The van der Waals surface area contributed by atoms with E-state index in [-0.39, 0.29) is 25.1 Å². The Balaban J connectivity index is 5.03. The Hall–Kier alpha value is -1.93. The molecule has 1 amide bonds. The summed E-state index contributed by atoms with van der Waals surface area (Å²) in [7, 11) is 0. The molecule has 0 radical (unpaired) electrons. The summed E-state index contributed by atoms with van der Waals surface area (Å²) in [5.74, 6) is -0.704. The van der Waals surface area contributed by atoms with E-state index in [0.29, 0.717) is 5.57 Å². The van der Waals surface area contributed by atoms with Crippen molar-refractivity contribution in [3.05, 3.63) is 11.6 Å². The van der Waals surface area contributed by atoms with Crippen LogP contribution in [0.25, 0.3) is 0 Å². The second kappa shape index (κ2) is 11.8.